The van der Waals surface area contributed by atoms with Gasteiger partial charge in [-0.25, -0.2) is 9.97 Å². The highest BCUT2D eigenvalue weighted by molar-refractivity contribution is 5.93. The largest absolute Gasteiger partial charge is 0.359 e. The first-order valence-corrected chi connectivity index (χ1v) is 8.45. The van der Waals surface area contributed by atoms with Gasteiger partial charge in [-0.05, 0) is 43.4 Å². The lowest BCUT2D eigenvalue weighted by Crippen LogP contribution is -2.36. The first-order valence-electron chi connectivity index (χ1n) is 8.45. The molecule has 1 amide bonds. The summed E-state index contributed by atoms with van der Waals surface area (Å²) < 4.78 is 0. The van der Waals surface area contributed by atoms with E-state index >= 15 is 0 Å². The molecule has 3 heterocycles. The number of piperidine rings is 1. The molecule has 2 aromatic heterocycles. The normalized spacial score (nSPS) is 14.5. The lowest BCUT2D eigenvalue weighted by atomic mass is 10.1. The first-order chi connectivity index (χ1) is 11.7. The summed E-state index contributed by atoms with van der Waals surface area (Å²) in [5.74, 6) is 0.792. The van der Waals surface area contributed by atoms with Gasteiger partial charge in [0, 0.05) is 45.1 Å². The van der Waals surface area contributed by atoms with Gasteiger partial charge in [-0.1, -0.05) is 0 Å². The number of carbonyl (C=O) groups is 1. The molecule has 0 radical (unpaired) electrons. The van der Waals surface area contributed by atoms with Crippen molar-refractivity contribution >= 4 is 11.7 Å². The second-order valence-electron chi connectivity index (χ2n) is 6.14. The van der Waals surface area contributed by atoms with Crippen molar-refractivity contribution in [1.82, 2.24) is 19.9 Å². The molecule has 0 bridgehead atoms. The molecule has 24 heavy (non-hydrogen) atoms. The third-order valence-corrected chi connectivity index (χ3v) is 4.39. The van der Waals surface area contributed by atoms with E-state index in [1.54, 1.807) is 18.5 Å². The van der Waals surface area contributed by atoms with Gasteiger partial charge in [0.1, 0.15) is 17.8 Å². The molecule has 1 aliphatic heterocycles. The van der Waals surface area contributed by atoms with Gasteiger partial charge in [0.05, 0.1) is 0 Å². The lowest BCUT2D eigenvalue weighted by Gasteiger charge is -2.26. The van der Waals surface area contributed by atoms with Crippen molar-refractivity contribution in [2.45, 2.75) is 25.7 Å². The van der Waals surface area contributed by atoms with E-state index in [9.17, 15) is 4.79 Å². The number of carbonyl (C=O) groups excluding carboxylic acids is 1. The highest BCUT2D eigenvalue weighted by Gasteiger charge is 2.20. The van der Waals surface area contributed by atoms with Gasteiger partial charge in [-0.3, -0.25) is 9.78 Å². The number of likely N-dealkylation sites (tertiary alicyclic amines) is 1. The molecule has 0 unspecified atom stereocenters. The molecule has 0 spiro atoms. The smallest absolute Gasteiger partial charge is 0.272 e. The molecule has 3 rings (SSSR count). The molecular weight excluding hydrogens is 302 g/mol. The van der Waals surface area contributed by atoms with Crippen LogP contribution in [0.15, 0.2) is 36.9 Å². The third-order valence-electron chi connectivity index (χ3n) is 4.39. The molecule has 0 atom stereocenters. The van der Waals surface area contributed by atoms with Crippen molar-refractivity contribution in [3.05, 3.63) is 48.2 Å². The topological polar surface area (TPSA) is 62.2 Å². The molecular formula is C18H23N5O. The van der Waals surface area contributed by atoms with E-state index in [0.29, 0.717) is 5.69 Å². The van der Waals surface area contributed by atoms with Gasteiger partial charge in [0.25, 0.3) is 5.91 Å². The quantitative estimate of drug-likeness (QED) is 0.843. The Kier molecular flexibility index (Phi) is 5.36. The van der Waals surface area contributed by atoms with Crippen LogP contribution >= 0.6 is 0 Å². The van der Waals surface area contributed by atoms with E-state index in [2.05, 4.69) is 19.9 Å². The van der Waals surface area contributed by atoms with Gasteiger partial charge in [-0.15, -0.1) is 0 Å². The minimum Gasteiger partial charge on any atom is -0.359 e. The number of pyridine rings is 1. The zero-order chi connectivity index (χ0) is 16.8. The molecule has 1 saturated heterocycles. The van der Waals surface area contributed by atoms with Crippen molar-refractivity contribution in [2.75, 3.05) is 31.6 Å². The Morgan fingerprint density at radius 1 is 1.17 bits per heavy atom. The number of hydrogen-bond acceptors (Lipinski definition) is 5. The van der Waals surface area contributed by atoms with Crippen molar-refractivity contribution in [3.8, 4) is 0 Å². The molecule has 6 nitrogen and oxygen atoms in total. The Bertz CT molecular complexity index is 670. The fourth-order valence-electron chi connectivity index (χ4n) is 2.89. The standard InChI is InChI=1S/C18H23N5O/c1-22(12-7-15-5-8-19-9-6-15)17-13-16(20-14-21-17)18(24)23-10-3-2-4-11-23/h5-6,8-9,13-14H,2-4,7,10-12H2,1H3. The van der Waals surface area contributed by atoms with Crippen LogP contribution in [0.3, 0.4) is 0 Å². The number of nitrogens with zero attached hydrogens (tertiary/aromatic N) is 5. The number of aromatic nitrogens is 3. The number of hydrogen-bond donors (Lipinski definition) is 0. The summed E-state index contributed by atoms with van der Waals surface area (Å²) in [6, 6.07) is 5.82. The molecule has 0 aliphatic carbocycles. The second kappa shape index (κ2) is 7.86. The van der Waals surface area contributed by atoms with Crippen LogP contribution in [-0.4, -0.2) is 52.4 Å². The third kappa shape index (κ3) is 4.07. The number of likely N-dealkylation sites (N-methyl/N-ethyl adjacent to an activating group) is 1. The van der Waals surface area contributed by atoms with E-state index in [0.717, 1.165) is 44.7 Å². The molecule has 126 valence electrons. The Balaban J connectivity index is 1.64. The fourth-order valence-corrected chi connectivity index (χ4v) is 2.89. The van der Waals surface area contributed by atoms with Crippen LogP contribution in [0.5, 0.6) is 0 Å². The number of rotatable bonds is 5. The zero-order valence-electron chi connectivity index (χ0n) is 14.1. The zero-order valence-corrected chi connectivity index (χ0v) is 14.1. The molecule has 0 N–H and O–H groups in total. The Morgan fingerprint density at radius 3 is 2.67 bits per heavy atom. The van der Waals surface area contributed by atoms with Gasteiger partial charge in [0.2, 0.25) is 0 Å². The highest BCUT2D eigenvalue weighted by Crippen LogP contribution is 2.15. The van der Waals surface area contributed by atoms with Crippen LogP contribution < -0.4 is 4.90 Å². The summed E-state index contributed by atoms with van der Waals surface area (Å²) in [5.41, 5.74) is 1.72. The van der Waals surface area contributed by atoms with Crippen LogP contribution in [-0.2, 0) is 6.42 Å². The van der Waals surface area contributed by atoms with Gasteiger partial charge in [0.15, 0.2) is 0 Å². The second-order valence-corrected chi connectivity index (χ2v) is 6.14. The Morgan fingerprint density at radius 2 is 1.92 bits per heavy atom. The summed E-state index contributed by atoms with van der Waals surface area (Å²) in [5, 5.41) is 0. The molecule has 0 aromatic carbocycles. The van der Waals surface area contributed by atoms with E-state index in [1.165, 1.54) is 18.3 Å². The summed E-state index contributed by atoms with van der Waals surface area (Å²) >= 11 is 0. The maximum atomic E-state index is 12.6. The van der Waals surface area contributed by atoms with Gasteiger partial charge < -0.3 is 9.80 Å². The van der Waals surface area contributed by atoms with Crippen LogP contribution in [0.1, 0.15) is 35.3 Å². The van der Waals surface area contributed by atoms with E-state index in [-0.39, 0.29) is 5.91 Å². The fraction of sp³-hybridized carbons (Fsp3) is 0.444. The Labute approximate surface area is 142 Å². The molecule has 6 heteroatoms. The first kappa shape index (κ1) is 16.4. The predicted molar refractivity (Wildman–Crippen MR) is 93.0 cm³/mol. The minimum absolute atomic E-state index is 0.0147. The minimum atomic E-state index is 0.0147. The Hall–Kier alpha value is -2.50. The number of anilines is 1. The van der Waals surface area contributed by atoms with Crippen LogP contribution in [0.2, 0.25) is 0 Å². The average molecular weight is 325 g/mol. The molecule has 1 aliphatic rings. The summed E-state index contributed by atoms with van der Waals surface area (Å²) in [6.45, 7) is 2.48. The summed E-state index contributed by atoms with van der Waals surface area (Å²) in [4.78, 5) is 29.0. The number of amides is 1. The van der Waals surface area contributed by atoms with Crippen LogP contribution in [0.4, 0.5) is 5.82 Å². The van der Waals surface area contributed by atoms with Crippen molar-refractivity contribution in [2.24, 2.45) is 0 Å². The summed E-state index contributed by atoms with van der Waals surface area (Å²) in [7, 11) is 1.98. The lowest BCUT2D eigenvalue weighted by molar-refractivity contribution is 0.0718. The van der Waals surface area contributed by atoms with E-state index in [4.69, 9.17) is 0 Å². The monoisotopic (exact) mass is 325 g/mol. The maximum absolute atomic E-state index is 12.6. The SMILES string of the molecule is CN(CCc1ccncc1)c1cc(C(=O)N2CCCCC2)ncn1. The van der Waals surface area contributed by atoms with Gasteiger partial charge in [-0.2, -0.15) is 0 Å². The molecule has 2 aromatic rings. The maximum Gasteiger partial charge on any atom is 0.272 e. The molecule has 1 fully saturated rings. The van der Waals surface area contributed by atoms with Crippen molar-refractivity contribution in [1.29, 1.82) is 0 Å². The van der Waals surface area contributed by atoms with Crippen molar-refractivity contribution < 1.29 is 4.79 Å². The highest BCUT2D eigenvalue weighted by atomic mass is 16.2. The van der Waals surface area contributed by atoms with Crippen LogP contribution in [0, 0.1) is 0 Å². The molecule has 0 saturated carbocycles. The summed E-state index contributed by atoms with van der Waals surface area (Å²) in [6.07, 6.45) is 9.35. The van der Waals surface area contributed by atoms with Gasteiger partial charge >= 0.3 is 0 Å². The average Bonchev–Trinajstić information content (AvgIpc) is 2.67. The van der Waals surface area contributed by atoms with Crippen LogP contribution in [0.25, 0.3) is 0 Å². The van der Waals surface area contributed by atoms with E-state index in [1.807, 2.05) is 24.1 Å². The van der Waals surface area contributed by atoms with E-state index < -0.39 is 0 Å². The van der Waals surface area contributed by atoms with Crippen molar-refractivity contribution in [3.63, 3.8) is 0 Å². The predicted octanol–water partition coefficient (Wildman–Crippen LogP) is 2.18.